The molecule has 1 unspecified atom stereocenters. The van der Waals surface area contributed by atoms with E-state index in [1.54, 1.807) is 13.8 Å². The molecule has 1 aromatic carbocycles. The molecule has 13 nitrogen and oxygen atoms in total. The van der Waals surface area contributed by atoms with E-state index in [0.717, 1.165) is 31.2 Å². The van der Waals surface area contributed by atoms with Crippen molar-refractivity contribution in [3.05, 3.63) is 35.9 Å². The van der Waals surface area contributed by atoms with Crippen LogP contribution >= 0.6 is 0 Å². The van der Waals surface area contributed by atoms with Gasteiger partial charge in [0, 0.05) is 13.0 Å². The van der Waals surface area contributed by atoms with Gasteiger partial charge in [-0.15, -0.1) is 0 Å². The van der Waals surface area contributed by atoms with E-state index in [2.05, 4.69) is 33.5 Å². The van der Waals surface area contributed by atoms with E-state index in [9.17, 15) is 29.1 Å². The second kappa shape index (κ2) is 21.7. The van der Waals surface area contributed by atoms with Crippen molar-refractivity contribution in [3.8, 4) is 0 Å². The second-order valence-corrected chi connectivity index (χ2v) is 11.6. The van der Waals surface area contributed by atoms with Crippen LogP contribution in [0.3, 0.4) is 0 Å². The van der Waals surface area contributed by atoms with Crippen molar-refractivity contribution in [1.29, 1.82) is 5.41 Å². The molecule has 4 amide bonds. The number of benzene rings is 1. The van der Waals surface area contributed by atoms with Crippen LogP contribution in [-0.2, 0) is 30.4 Å². The summed E-state index contributed by atoms with van der Waals surface area (Å²) in [6.07, 6.45) is 5.99. The van der Waals surface area contributed by atoms with Gasteiger partial charge in [-0.25, -0.2) is 0 Å². The maximum Gasteiger partial charge on any atom is 0.245 e. The first-order valence-corrected chi connectivity index (χ1v) is 15.8. The summed E-state index contributed by atoms with van der Waals surface area (Å²) >= 11 is 0. The molecule has 0 fully saturated rings. The monoisotopic (exact) mass is 631 g/mol. The zero-order valence-electron chi connectivity index (χ0n) is 27.1. The van der Waals surface area contributed by atoms with Crippen LogP contribution in [0.15, 0.2) is 30.3 Å². The summed E-state index contributed by atoms with van der Waals surface area (Å²) in [7, 11) is 0. The zero-order chi connectivity index (χ0) is 33.8. The van der Waals surface area contributed by atoms with E-state index < -0.39 is 54.4 Å². The summed E-state index contributed by atoms with van der Waals surface area (Å²) in [4.78, 5) is 64.6. The van der Waals surface area contributed by atoms with Crippen LogP contribution in [0.4, 0.5) is 0 Å². The van der Waals surface area contributed by atoms with Crippen LogP contribution in [0.25, 0.3) is 0 Å². The minimum absolute atomic E-state index is 0.208. The number of nitrogens with one attached hydrogen (secondary N) is 6. The Balaban J connectivity index is 2.92. The van der Waals surface area contributed by atoms with Crippen LogP contribution in [0.5, 0.6) is 0 Å². The van der Waals surface area contributed by atoms with Crippen molar-refractivity contribution < 1.29 is 29.1 Å². The summed E-state index contributed by atoms with van der Waals surface area (Å²) in [5, 5.41) is 30.5. The number of nitrogens with two attached hydrogens (primary N) is 1. The third-order valence-electron chi connectivity index (χ3n) is 7.30. The Kier molecular flexibility index (Phi) is 18.8. The summed E-state index contributed by atoms with van der Waals surface area (Å²) in [6.45, 7) is 6.47. The lowest BCUT2D eigenvalue weighted by molar-refractivity contribution is -0.135. The minimum atomic E-state index is -1.37. The van der Waals surface area contributed by atoms with E-state index in [-0.39, 0.29) is 36.9 Å². The molecule has 0 aliphatic carbocycles. The maximum atomic E-state index is 13.4. The fourth-order valence-corrected chi connectivity index (χ4v) is 4.62. The summed E-state index contributed by atoms with van der Waals surface area (Å²) in [5.41, 5.74) is 6.17. The third-order valence-corrected chi connectivity index (χ3v) is 7.30. The van der Waals surface area contributed by atoms with Crippen LogP contribution in [0.2, 0.25) is 0 Å². The van der Waals surface area contributed by atoms with Gasteiger partial charge in [0.1, 0.15) is 18.1 Å². The molecule has 1 aromatic rings. The molecule has 0 bridgehead atoms. The first kappa shape index (κ1) is 39.0. The van der Waals surface area contributed by atoms with Crippen molar-refractivity contribution in [2.75, 3.05) is 13.2 Å². The predicted octanol–water partition coefficient (Wildman–Crippen LogP) is 1.03. The van der Waals surface area contributed by atoms with Gasteiger partial charge >= 0.3 is 0 Å². The van der Waals surface area contributed by atoms with Crippen LogP contribution in [0.1, 0.15) is 84.6 Å². The molecule has 0 radical (unpaired) electrons. The molecular formula is C32H53N7O6. The molecule has 9 N–H and O–H groups in total. The number of ketones is 1. The predicted molar refractivity (Wildman–Crippen MR) is 173 cm³/mol. The van der Waals surface area contributed by atoms with E-state index in [4.69, 9.17) is 11.1 Å². The van der Waals surface area contributed by atoms with E-state index in [1.807, 2.05) is 30.3 Å². The number of hydrogen-bond donors (Lipinski definition) is 8. The van der Waals surface area contributed by atoms with Crippen LogP contribution in [0, 0.1) is 11.3 Å². The number of aliphatic hydroxyl groups is 1. The number of rotatable bonds is 22. The average molecular weight is 632 g/mol. The van der Waals surface area contributed by atoms with Gasteiger partial charge in [-0.3, -0.25) is 29.4 Å². The molecule has 1 rings (SSSR count). The standard InChI is InChI=1S/C32H53N7O6/c1-5-6-7-8-12-17-27(42)36-24(16-13-18-35-32(33)34)29(43)39-28(21(2)3)31(45)38-26(20-40)30(44)37-25(22(4)41)19-23-14-10-9-11-15-23/h9-11,14-15,21,24-26,28,40H,5-8,12-13,16-20H2,1-4H3,(H,36,42)(H,37,44)(H,38,45)(H,39,43)(H4,33,34,35)/t24-,25-,26-,28?/m0/s1. The minimum Gasteiger partial charge on any atom is -0.394 e. The van der Waals surface area contributed by atoms with Gasteiger partial charge < -0.3 is 37.4 Å². The number of carbonyl (C=O) groups excluding carboxylic acids is 5. The normalized spacial score (nSPS) is 13.6. The molecule has 0 spiro atoms. The molecule has 13 heteroatoms. The Labute approximate surface area is 266 Å². The van der Waals surface area contributed by atoms with Crippen LogP contribution < -0.4 is 32.3 Å². The largest absolute Gasteiger partial charge is 0.394 e. The first-order chi connectivity index (χ1) is 21.4. The number of guanidine groups is 1. The number of amides is 4. The first-order valence-electron chi connectivity index (χ1n) is 15.8. The number of carbonyl (C=O) groups is 5. The Morgan fingerprint density at radius 1 is 0.822 bits per heavy atom. The lowest BCUT2D eigenvalue weighted by Gasteiger charge is -2.27. The number of aliphatic hydroxyl groups excluding tert-OH is 1. The van der Waals surface area contributed by atoms with Crippen molar-refractivity contribution in [1.82, 2.24) is 26.6 Å². The maximum absolute atomic E-state index is 13.4. The van der Waals surface area contributed by atoms with Gasteiger partial charge in [0.2, 0.25) is 23.6 Å². The van der Waals surface area contributed by atoms with E-state index >= 15 is 0 Å². The number of unbranched alkanes of at least 4 members (excludes halogenated alkanes) is 4. The lowest BCUT2D eigenvalue weighted by Crippen LogP contribution is -2.59. The Bertz CT molecular complexity index is 1100. The quantitative estimate of drug-likeness (QED) is 0.0524. The summed E-state index contributed by atoms with van der Waals surface area (Å²) < 4.78 is 0. The van der Waals surface area contributed by atoms with Gasteiger partial charge in [0.25, 0.3) is 0 Å². The number of Topliss-reactive ketones (excluding diaryl/α,β-unsaturated/α-hetero) is 1. The molecule has 0 aliphatic rings. The molecule has 0 saturated heterocycles. The zero-order valence-corrected chi connectivity index (χ0v) is 27.1. The average Bonchev–Trinajstić information content (AvgIpc) is 2.99. The van der Waals surface area contributed by atoms with Crippen molar-refractivity contribution in [2.45, 2.75) is 110 Å². The van der Waals surface area contributed by atoms with Crippen LogP contribution in [-0.4, -0.2) is 77.8 Å². The molecule has 4 atom stereocenters. The second-order valence-electron chi connectivity index (χ2n) is 11.6. The molecule has 0 heterocycles. The molecule has 0 saturated carbocycles. The SMILES string of the molecule is CCCCCCCC(=O)N[C@@H](CCCNC(=N)N)C(=O)NC(C(=O)N[C@@H](CO)C(=O)N[C@@H](Cc1ccccc1)C(C)=O)C(C)C. The van der Waals surface area contributed by atoms with Crippen molar-refractivity contribution in [3.63, 3.8) is 0 Å². The topological polar surface area (TPSA) is 216 Å². The van der Waals surface area contributed by atoms with Gasteiger partial charge in [-0.2, -0.15) is 0 Å². The highest BCUT2D eigenvalue weighted by atomic mass is 16.3. The Hall–Kier alpha value is -4.00. The Morgan fingerprint density at radius 2 is 1.44 bits per heavy atom. The highest BCUT2D eigenvalue weighted by Gasteiger charge is 2.32. The van der Waals surface area contributed by atoms with Crippen molar-refractivity contribution >= 4 is 35.4 Å². The van der Waals surface area contributed by atoms with E-state index in [0.29, 0.717) is 19.4 Å². The van der Waals surface area contributed by atoms with E-state index in [1.165, 1.54) is 6.92 Å². The summed E-state index contributed by atoms with van der Waals surface area (Å²) in [6, 6.07) is 4.87. The van der Waals surface area contributed by atoms with Gasteiger partial charge in [-0.05, 0) is 44.1 Å². The molecular weight excluding hydrogens is 578 g/mol. The lowest BCUT2D eigenvalue weighted by atomic mass is 10.0. The van der Waals surface area contributed by atoms with Gasteiger partial charge in [0.15, 0.2) is 11.7 Å². The smallest absolute Gasteiger partial charge is 0.245 e. The molecule has 0 aliphatic heterocycles. The molecule has 252 valence electrons. The van der Waals surface area contributed by atoms with Gasteiger partial charge in [-0.1, -0.05) is 76.8 Å². The fraction of sp³-hybridized carbons (Fsp3) is 0.625. The third kappa shape index (κ3) is 16.0. The molecule has 45 heavy (non-hydrogen) atoms. The fourth-order valence-electron chi connectivity index (χ4n) is 4.62. The molecule has 0 aromatic heterocycles. The highest BCUT2D eigenvalue weighted by molar-refractivity contribution is 5.95. The highest BCUT2D eigenvalue weighted by Crippen LogP contribution is 2.09. The number of hydrogen-bond acceptors (Lipinski definition) is 7. The summed E-state index contributed by atoms with van der Waals surface area (Å²) in [5.74, 6) is -3.18. The van der Waals surface area contributed by atoms with Gasteiger partial charge in [0.05, 0.1) is 12.6 Å². The van der Waals surface area contributed by atoms with Crippen molar-refractivity contribution in [2.24, 2.45) is 11.7 Å². The Morgan fingerprint density at radius 3 is 2.02 bits per heavy atom.